The predicted octanol–water partition coefficient (Wildman–Crippen LogP) is 2.55. The van der Waals surface area contributed by atoms with Crippen LogP contribution < -0.4 is 5.73 Å². The Morgan fingerprint density at radius 2 is 1.84 bits per heavy atom. The second kappa shape index (κ2) is 7.29. The van der Waals surface area contributed by atoms with Crippen molar-refractivity contribution in [3.63, 3.8) is 0 Å². The number of rotatable bonds is 7. The van der Waals surface area contributed by atoms with Crippen LogP contribution in [0.2, 0.25) is 0 Å². The number of hydrogen-bond donors (Lipinski definition) is 1. The molecule has 0 aliphatic carbocycles. The topological polar surface area (TPSA) is 46.3 Å². The molecule has 106 valence electrons. The highest BCUT2D eigenvalue weighted by Crippen LogP contribution is 2.25. The Kier molecular flexibility index (Phi) is 6.03. The SMILES string of the molecule is CCCCN(CCN)C(=O)C(C)(C)c1ccccc1. The van der Waals surface area contributed by atoms with Gasteiger partial charge in [0.1, 0.15) is 0 Å². The van der Waals surface area contributed by atoms with E-state index in [1.807, 2.05) is 49.1 Å². The normalized spacial score (nSPS) is 11.4. The van der Waals surface area contributed by atoms with Crippen LogP contribution in [0.3, 0.4) is 0 Å². The standard InChI is InChI=1S/C16H26N2O/c1-4-5-12-18(13-11-17)15(19)16(2,3)14-9-7-6-8-10-14/h6-10H,4-5,11-13,17H2,1-3H3. The number of unbranched alkanes of at least 4 members (excludes halogenated alkanes) is 1. The van der Waals surface area contributed by atoms with E-state index in [0.717, 1.165) is 24.9 Å². The molecule has 0 saturated carbocycles. The van der Waals surface area contributed by atoms with Gasteiger partial charge in [0.25, 0.3) is 0 Å². The van der Waals surface area contributed by atoms with Crippen LogP contribution in [0.5, 0.6) is 0 Å². The maximum absolute atomic E-state index is 12.7. The van der Waals surface area contributed by atoms with Crippen LogP contribution in [0, 0.1) is 0 Å². The average Bonchev–Trinajstić information content (AvgIpc) is 2.43. The molecule has 3 nitrogen and oxygen atoms in total. The number of nitrogens with two attached hydrogens (primary N) is 1. The fourth-order valence-corrected chi connectivity index (χ4v) is 2.19. The van der Waals surface area contributed by atoms with Gasteiger partial charge >= 0.3 is 0 Å². The highest BCUT2D eigenvalue weighted by Gasteiger charge is 2.33. The Bertz CT molecular complexity index is 387. The van der Waals surface area contributed by atoms with Crippen LogP contribution in [-0.2, 0) is 10.2 Å². The van der Waals surface area contributed by atoms with Crippen molar-refractivity contribution in [1.29, 1.82) is 0 Å². The molecule has 0 heterocycles. The lowest BCUT2D eigenvalue weighted by Crippen LogP contribution is -2.45. The molecule has 1 rings (SSSR count). The van der Waals surface area contributed by atoms with Gasteiger partial charge in [-0.2, -0.15) is 0 Å². The fourth-order valence-electron chi connectivity index (χ4n) is 2.19. The van der Waals surface area contributed by atoms with Crippen molar-refractivity contribution in [3.05, 3.63) is 35.9 Å². The summed E-state index contributed by atoms with van der Waals surface area (Å²) in [5.41, 5.74) is 6.19. The maximum Gasteiger partial charge on any atom is 0.232 e. The molecular weight excluding hydrogens is 236 g/mol. The first-order valence-electron chi connectivity index (χ1n) is 7.09. The number of benzene rings is 1. The molecule has 3 heteroatoms. The van der Waals surface area contributed by atoms with Gasteiger partial charge < -0.3 is 10.6 Å². The average molecular weight is 262 g/mol. The third-order valence-corrected chi connectivity index (χ3v) is 3.50. The Balaban J connectivity index is 2.88. The molecular formula is C16H26N2O. The lowest BCUT2D eigenvalue weighted by atomic mass is 9.83. The minimum atomic E-state index is -0.496. The Morgan fingerprint density at radius 1 is 1.21 bits per heavy atom. The van der Waals surface area contributed by atoms with E-state index in [9.17, 15) is 4.79 Å². The third kappa shape index (κ3) is 4.06. The van der Waals surface area contributed by atoms with Crippen molar-refractivity contribution in [2.75, 3.05) is 19.6 Å². The highest BCUT2D eigenvalue weighted by molar-refractivity contribution is 5.87. The van der Waals surface area contributed by atoms with Crippen LogP contribution in [0.25, 0.3) is 0 Å². The molecule has 0 radical (unpaired) electrons. The van der Waals surface area contributed by atoms with Crippen LogP contribution in [0.4, 0.5) is 0 Å². The Morgan fingerprint density at radius 3 is 2.37 bits per heavy atom. The number of carbonyl (C=O) groups is 1. The first-order chi connectivity index (χ1) is 9.04. The molecule has 0 aromatic heterocycles. The van der Waals surface area contributed by atoms with Gasteiger partial charge in [0.2, 0.25) is 5.91 Å². The van der Waals surface area contributed by atoms with E-state index in [-0.39, 0.29) is 5.91 Å². The molecule has 0 aliphatic rings. The number of nitrogens with zero attached hydrogens (tertiary/aromatic N) is 1. The summed E-state index contributed by atoms with van der Waals surface area (Å²) in [5.74, 6) is 0.164. The smallest absolute Gasteiger partial charge is 0.232 e. The summed E-state index contributed by atoms with van der Waals surface area (Å²) >= 11 is 0. The molecule has 19 heavy (non-hydrogen) atoms. The largest absolute Gasteiger partial charge is 0.341 e. The van der Waals surface area contributed by atoms with Gasteiger partial charge in [-0.05, 0) is 25.8 Å². The molecule has 0 unspecified atom stereocenters. The second-order valence-corrected chi connectivity index (χ2v) is 5.43. The molecule has 0 bridgehead atoms. The van der Waals surface area contributed by atoms with Gasteiger partial charge in [-0.3, -0.25) is 4.79 Å². The van der Waals surface area contributed by atoms with E-state index in [0.29, 0.717) is 13.1 Å². The molecule has 1 aromatic rings. The van der Waals surface area contributed by atoms with Crippen LogP contribution in [0.15, 0.2) is 30.3 Å². The lowest BCUT2D eigenvalue weighted by Gasteiger charge is -2.32. The second-order valence-electron chi connectivity index (χ2n) is 5.43. The van der Waals surface area contributed by atoms with Crippen molar-refractivity contribution < 1.29 is 4.79 Å². The van der Waals surface area contributed by atoms with Crippen LogP contribution >= 0.6 is 0 Å². The van der Waals surface area contributed by atoms with E-state index in [1.165, 1.54) is 0 Å². The lowest BCUT2D eigenvalue weighted by molar-refractivity contribution is -0.136. The molecule has 0 atom stereocenters. The van der Waals surface area contributed by atoms with Gasteiger partial charge in [-0.1, -0.05) is 43.7 Å². The molecule has 0 spiro atoms. The summed E-state index contributed by atoms with van der Waals surface area (Å²) in [6, 6.07) is 9.95. The zero-order valence-electron chi connectivity index (χ0n) is 12.4. The minimum Gasteiger partial charge on any atom is -0.341 e. The Labute approximate surface area is 116 Å². The number of carbonyl (C=O) groups excluding carboxylic acids is 1. The van der Waals surface area contributed by atoms with Gasteiger partial charge in [0.05, 0.1) is 5.41 Å². The van der Waals surface area contributed by atoms with E-state index in [4.69, 9.17) is 5.73 Å². The number of amides is 1. The quantitative estimate of drug-likeness (QED) is 0.821. The first kappa shape index (κ1) is 15.7. The zero-order chi connectivity index (χ0) is 14.3. The molecule has 2 N–H and O–H groups in total. The van der Waals surface area contributed by atoms with Crippen LogP contribution in [0.1, 0.15) is 39.2 Å². The van der Waals surface area contributed by atoms with Crippen LogP contribution in [-0.4, -0.2) is 30.4 Å². The molecule has 0 aliphatic heterocycles. The van der Waals surface area contributed by atoms with Crippen molar-refractivity contribution in [2.24, 2.45) is 5.73 Å². The molecule has 0 saturated heterocycles. The highest BCUT2D eigenvalue weighted by atomic mass is 16.2. The number of hydrogen-bond acceptors (Lipinski definition) is 2. The summed E-state index contributed by atoms with van der Waals surface area (Å²) in [4.78, 5) is 14.6. The summed E-state index contributed by atoms with van der Waals surface area (Å²) in [5, 5.41) is 0. The van der Waals surface area contributed by atoms with E-state index in [1.54, 1.807) is 0 Å². The monoisotopic (exact) mass is 262 g/mol. The molecule has 0 fully saturated rings. The van der Waals surface area contributed by atoms with E-state index < -0.39 is 5.41 Å². The van der Waals surface area contributed by atoms with E-state index >= 15 is 0 Å². The van der Waals surface area contributed by atoms with Crippen molar-refractivity contribution in [2.45, 2.75) is 39.0 Å². The zero-order valence-corrected chi connectivity index (χ0v) is 12.4. The van der Waals surface area contributed by atoms with E-state index in [2.05, 4.69) is 6.92 Å². The maximum atomic E-state index is 12.7. The molecule has 1 amide bonds. The van der Waals surface area contributed by atoms with Gasteiger partial charge in [-0.25, -0.2) is 0 Å². The van der Waals surface area contributed by atoms with Gasteiger partial charge in [0, 0.05) is 19.6 Å². The third-order valence-electron chi connectivity index (χ3n) is 3.50. The minimum absolute atomic E-state index is 0.164. The predicted molar refractivity (Wildman–Crippen MR) is 80.0 cm³/mol. The summed E-state index contributed by atoms with van der Waals surface area (Å²) < 4.78 is 0. The van der Waals surface area contributed by atoms with Gasteiger partial charge in [-0.15, -0.1) is 0 Å². The van der Waals surface area contributed by atoms with Crippen molar-refractivity contribution in [3.8, 4) is 0 Å². The molecule has 1 aromatic carbocycles. The van der Waals surface area contributed by atoms with Crippen molar-refractivity contribution in [1.82, 2.24) is 4.90 Å². The Hall–Kier alpha value is -1.35. The summed E-state index contributed by atoms with van der Waals surface area (Å²) in [6.45, 7) is 8.05. The summed E-state index contributed by atoms with van der Waals surface area (Å²) in [7, 11) is 0. The first-order valence-corrected chi connectivity index (χ1v) is 7.09. The fraction of sp³-hybridized carbons (Fsp3) is 0.562. The summed E-state index contributed by atoms with van der Waals surface area (Å²) in [6.07, 6.45) is 2.11. The van der Waals surface area contributed by atoms with Crippen molar-refractivity contribution >= 4 is 5.91 Å². The van der Waals surface area contributed by atoms with Gasteiger partial charge in [0.15, 0.2) is 0 Å².